The number of ether oxygens (including phenoxy) is 1. The van der Waals surface area contributed by atoms with E-state index in [0.717, 1.165) is 6.54 Å². The molecule has 1 fully saturated rings. The Morgan fingerprint density at radius 3 is 2.56 bits per heavy atom. The van der Waals surface area contributed by atoms with Crippen molar-refractivity contribution in [2.24, 2.45) is 5.73 Å². The van der Waals surface area contributed by atoms with Gasteiger partial charge in [0.05, 0.1) is 12.7 Å². The molecule has 0 spiro atoms. The second-order valence-corrected chi connectivity index (χ2v) is 3.71. The number of aliphatic hydroxyl groups excluding tert-OH is 1. The zero-order valence-electron chi connectivity index (χ0n) is 9.18. The van der Waals surface area contributed by atoms with Crippen molar-refractivity contribution in [3.63, 3.8) is 0 Å². The molecule has 0 radical (unpaired) electrons. The maximum Gasteiger partial charge on any atom is 0.332 e. The summed E-state index contributed by atoms with van der Waals surface area (Å²) in [7, 11) is 0. The third-order valence-electron chi connectivity index (χ3n) is 1.88. The monoisotopic (exact) mass is 250 g/mol. The molecule has 0 aromatic rings. The van der Waals surface area contributed by atoms with Crippen LogP contribution in [0, 0.1) is 0 Å². The second kappa shape index (κ2) is 8.26. The first kappa shape index (κ1) is 15.1. The van der Waals surface area contributed by atoms with E-state index in [2.05, 4.69) is 17.5 Å². The molecule has 0 saturated carbocycles. The molecular weight excluding hydrogens is 232 g/mol. The van der Waals surface area contributed by atoms with E-state index in [-0.39, 0.29) is 6.42 Å². The second-order valence-electron chi connectivity index (χ2n) is 3.27. The van der Waals surface area contributed by atoms with E-state index in [1.807, 2.05) is 6.92 Å². The van der Waals surface area contributed by atoms with Crippen LogP contribution in [0.3, 0.4) is 0 Å². The van der Waals surface area contributed by atoms with E-state index in [1.165, 1.54) is 0 Å². The van der Waals surface area contributed by atoms with Crippen LogP contribution in [0.5, 0.6) is 0 Å². The molecular formula is C9H18N2O4S. The SMILES string of the molecule is CCNC(N)=S.O=C(O)C1CC(O)CCO1. The predicted octanol–water partition coefficient (Wildman–Crippen LogP) is -0.550. The van der Waals surface area contributed by atoms with E-state index in [0.29, 0.717) is 18.1 Å². The number of nitrogens with two attached hydrogens (primary N) is 1. The molecule has 16 heavy (non-hydrogen) atoms. The fourth-order valence-corrected chi connectivity index (χ4v) is 1.27. The van der Waals surface area contributed by atoms with E-state index >= 15 is 0 Å². The van der Waals surface area contributed by atoms with Crippen LogP contribution in [0.2, 0.25) is 0 Å². The molecule has 0 aromatic heterocycles. The van der Waals surface area contributed by atoms with Crippen molar-refractivity contribution in [1.29, 1.82) is 0 Å². The Labute approximate surface area is 99.8 Å². The first-order chi connectivity index (χ1) is 7.47. The number of carboxylic acid groups (broad SMARTS) is 1. The lowest BCUT2D eigenvalue weighted by Gasteiger charge is -2.22. The number of carboxylic acids is 1. The topological polar surface area (TPSA) is 105 Å². The molecule has 0 amide bonds. The maximum absolute atomic E-state index is 10.3. The van der Waals surface area contributed by atoms with Crippen molar-refractivity contribution in [3.8, 4) is 0 Å². The van der Waals surface area contributed by atoms with E-state index in [4.69, 9.17) is 20.7 Å². The van der Waals surface area contributed by atoms with Crippen molar-refractivity contribution < 1.29 is 19.7 Å². The Hall–Kier alpha value is -0.920. The van der Waals surface area contributed by atoms with Gasteiger partial charge in [-0.1, -0.05) is 0 Å². The zero-order valence-corrected chi connectivity index (χ0v) is 10.00. The number of hydrogen-bond donors (Lipinski definition) is 4. The molecule has 0 bridgehead atoms. The third-order valence-corrected chi connectivity index (χ3v) is 2.03. The van der Waals surface area contributed by atoms with Crippen LogP contribution >= 0.6 is 12.2 Å². The van der Waals surface area contributed by atoms with Crippen molar-refractivity contribution in [1.82, 2.24) is 5.32 Å². The first-order valence-electron chi connectivity index (χ1n) is 5.03. The number of aliphatic carboxylic acids is 1. The van der Waals surface area contributed by atoms with Gasteiger partial charge in [-0.25, -0.2) is 4.79 Å². The zero-order chi connectivity index (χ0) is 12.6. The highest BCUT2D eigenvalue weighted by Gasteiger charge is 2.26. The first-order valence-corrected chi connectivity index (χ1v) is 5.44. The molecule has 1 aliphatic rings. The summed E-state index contributed by atoms with van der Waals surface area (Å²) in [5, 5.41) is 20.5. The quantitative estimate of drug-likeness (QED) is 0.487. The molecule has 0 aliphatic carbocycles. The van der Waals surface area contributed by atoms with Crippen molar-refractivity contribution in [2.45, 2.75) is 32.0 Å². The van der Waals surface area contributed by atoms with E-state index in [1.54, 1.807) is 0 Å². The average molecular weight is 250 g/mol. The van der Waals surface area contributed by atoms with Gasteiger partial charge in [-0.2, -0.15) is 0 Å². The Kier molecular flexibility index (Phi) is 7.78. The van der Waals surface area contributed by atoms with Crippen LogP contribution in [0.4, 0.5) is 0 Å². The van der Waals surface area contributed by atoms with Gasteiger partial charge in [0, 0.05) is 13.0 Å². The van der Waals surface area contributed by atoms with Gasteiger partial charge in [0.25, 0.3) is 0 Å². The summed E-state index contributed by atoms with van der Waals surface area (Å²) in [5.41, 5.74) is 5.02. The molecule has 2 atom stereocenters. The number of aliphatic hydroxyl groups is 1. The standard InChI is InChI=1S/C6H10O4.C3H8N2S/c7-4-1-2-10-5(3-4)6(8)9;1-2-5-3(4)6/h4-5,7H,1-3H2,(H,8,9);2H2,1H3,(H3,4,5,6). The molecule has 1 heterocycles. The summed E-state index contributed by atoms with van der Waals surface area (Å²) in [4.78, 5) is 10.3. The summed E-state index contributed by atoms with van der Waals surface area (Å²) in [6, 6.07) is 0. The molecule has 94 valence electrons. The number of hydrogen-bond acceptors (Lipinski definition) is 4. The minimum Gasteiger partial charge on any atom is -0.479 e. The minimum absolute atomic E-state index is 0.218. The lowest BCUT2D eigenvalue weighted by molar-refractivity contribution is -0.157. The van der Waals surface area contributed by atoms with E-state index in [9.17, 15) is 4.79 Å². The fourth-order valence-electron chi connectivity index (χ4n) is 1.13. The maximum atomic E-state index is 10.3. The Bertz CT molecular complexity index is 238. The lowest BCUT2D eigenvalue weighted by Crippen LogP contribution is -2.34. The molecule has 7 heteroatoms. The van der Waals surface area contributed by atoms with Crippen molar-refractivity contribution >= 4 is 23.3 Å². The van der Waals surface area contributed by atoms with Crippen LogP contribution in [0.25, 0.3) is 0 Å². The van der Waals surface area contributed by atoms with Crippen LogP contribution < -0.4 is 11.1 Å². The summed E-state index contributed by atoms with van der Waals surface area (Å²) in [6.45, 7) is 3.10. The van der Waals surface area contributed by atoms with Gasteiger partial charge in [0.2, 0.25) is 0 Å². The summed E-state index contributed by atoms with van der Waals surface area (Å²) in [5.74, 6) is -0.987. The molecule has 6 nitrogen and oxygen atoms in total. The lowest BCUT2D eigenvalue weighted by atomic mass is 10.1. The Balaban J connectivity index is 0.000000325. The van der Waals surface area contributed by atoms with Crippen LogP contribution in [-0.4, -0.2) is 46.7 Å². The molecule has 1 saturated heterocycles. The highest BCUT2D eigenvalue weighted by atomic mass is 32.1. The Morgan fingerprint density at radius 1 is 1.69 bits per heavy atom. The highest BCUT2D eigenvalue weighted by Crippen LogP contribution is 2.13. The van der Waals surface area contributed by atoms with Gasteiger partial charge < -0.3 is 26.0 Å². The highest BCUT2D eigenvalue weighted by molar-refractivity contribution is 7.80. The van der Waals surface area contributed by atoms with E-state index < -0.39 is 18.2 Å². The molecule has 2 unspecified atom stereocenters. The number of nitrogens with one attached hydrogen (secondary N) is 1. The van der Waals surface area contributed by atoms with Crippen LogP contribution in [-0.2, 0) is 9.53 Å². The average Bonchev–Trinajstić information content (AvgIpc) is 2.18. The van der Waals surface area contributed by atoms with Gasteiger partial charge >= 0.3 is 5.97 Å². The Morgan fingerprint density at radius 2 is 2.31 bits per heavy atom. The number of carbonyl (C=O) groups is 1. The van der Waals surface area contributed by atoms with Crippen LogP contribution in [0.15, 0.2) is 0 Å². The molecule has 1 rings (SSSR count). The fraction of sp³-hybridized carbons (Fsp3) is 0.778. The minimum atomic E-state index is -0.987. The van der Waals surface area contributed by atoms with Crippen LogP contribution in [0.1, 0.15) is 19.8 Å². The largest absolute Gasteiger partial charge is 0.479 e. The number of rotatable bonds is 2. The van der Waals surface area contributed by atoms with Crippen molar-refractivity contribution in [2.75, 3.05) is 13.2 Å². The normalized spacial score (nSPS) is 23.9. The molecule has 1 aliphatic heterocycles. The van der Waals surface area contributed by atoms with Gasteiger partial charge in [-0.15, -0.1) is 0 Å². The van der Waals surface area contributed by atoms with Gasteiger partial charge in [-0.3, -0.25) is 0 Å². The molecule has 0 aromatic carbocycles. The van der Waals surface area contributed by atoms with Gasteiger partial charge in [0.1, 0.15) is 0 Å². The smallest absolute Gasteiger partial charge is 0.332 e. The molecule has 5 N–H and O–H groups in total. The van der Waals surface area contributed by atoms with Gasteiger partial charge in [0.15, 0.2) is 11.2 Å². The summed E-state index contributed by atoms with van der Waals surface area (Å²) < 4.78 is 4.85. The van der Waals surface area contributed by atoms with Crippen molar-refractivity contribution in [3.05, 3.63) is 0 Å². The van der Waals surface area contributed by atoms with Gasteiger partial charge in [-0.05, 0) is 25.6 Å². The predicted molar refractivity (Wildman–Crippen MR) is 63.1 cm³/mol. The summed E-state index contributed by atoms with van der Waals surface area (Å²) >= 11 is 4.46. The summed E-state index contributed by atoms with van der Waals surface area (Å²) in [6.07, 6.45) is -0.544. The number of thiocarbonyl (C=S) groups is 1. The third kappa shape index (κ3) is 7.38.